The Hall–Kier alpha value is -4.66. The Morgan fingerprint density at radius 1 is 1.00 bits per heavy atom. The van der Waals surface area contributed by atoms with E-state index in [-0.39, 0.29) is 51.4 Å². The molecule has 166 valence electrons. The molecule has 4 rings (SSSR count). The smallest absolute Gasteiger partial charge is 0.351 e. The Kier molecular flexibility index (Phi) is 5.77. The zero-order valence-corrected chi connectivity index (χ0v) is 17.6. The topological polar surface area (TPSA) is 114 Å². The van der Waals surface area contributed by atoms with Crippen molar-refractivity contribution >= 4 is 23.5 Å². The second kappa shape index (κ2) is 8.83. The number of nitro benzene ring substituents is 1. The van der Waals surface area contributed by atoms with Crippen LogP contribution in [0.15, 0.2) is 66.4 Å². The fourth-order valence-electron chi connectivity index (χ4n) is 3.32. The molecule has 0 N–H and O–H groups in total. The number of carbonyl (C=O) groups excluding carboxylic acids is 2. The van der Waals surface area contributed by atoms with Gasteiger partial charge in [-0.15, -0.1) is 0 Å². The Balaban J connectivity index is 1.59. The highest BCUT2D eigenvalue weighted by atomic mass is 16.6. The van der Waals surface area contributed by atoms with Crippen LogP contribution in [-0.2, 0) is 0 Å². The molecule has 3 aromatic rings. The second-order valence-corrected chi connectivity index (χ2v) is 6.88. The molecule has 0 aromatic heterocycles. The number of allylic oxidation sites excluding steroid dienone is 1. The largest absolute Gasteiger partial charge is 0.496 e. The predicted octanol–water partition coefficient (Wildman–Crippen LogP) is 4.45. The normalized spacial score (nSPS) is 13.3. The lowest BCUT2D eigenvalue weighted by atomic mass is 10.1. The molecule has 0 bridgehead atoms. The molecule has 0 aliphatic carbocycles. The first-order valence-corrected chi connectivity index (χ1v) is 9.67. The first-order valence-electron chi connectivity index (χ1n) is 9.67. The number of non-ortho nitro benzene ring substituents is 1. The number of nitrogens with zero attached hydrogens (tertiary/aromatic N) is 1. The molecular weight excluding hydrogens is 430 g/mol. The van der Waals surface area contributed by atoms with Crippen LogP contribution in [0.25, 0.3) is 6.08 Å². The summed E-state index contributed by atoms with van der Waals surface area (Å²) in [6.45, 7) is 0. The molecule has 0 radical (unpaired) electrons. The standard InChI is InChI=1S/C24H17NO8/c1-30-18-7-4-8-19(31-2)22(18)24(27)32-16-9-10-17-20(13-16)33-21(23(17)26)12-14-5-3-6-15(11-14)25(28)29/h3-13H,1-2H3/b21-12+. The van der Waals surface area contributed by atoms with Gasteiger partial charge in [-0.25, -0.2) is 4.79 Å². The van der Waals surface area contributed by atoms with Crippen molar-refractivity contribution in [2.75, 3.05) is 14.2 Å². The van der Waals surface area contributed by atoms with E-state index in [1.165, 1.54) is 56.7 Å². The summed E-state index contributed by atoms with van der Waals surface area (Å²) in [5, 5.41) is 11.0. The molecule has 1 heterocycles. The lowest BCUT2D eigenvalue weighted by molar-refractivity contribution is -0.384. The van der Waals surface area contributed by atoms with Gasteiger partial charge in [-0.1, -0.05) is 18.2 Å². The maximum atomic E-state index is 12.8. The molecule has 3 aromatic carbocycles. The molecule has 0 amide bonds. The lowest BCUT2D eigenvalue weighted by Crippen LogP contribution is -2.12. The van der Waals surface area contributed by atoms with Crippen molar-refractivity contribution in [2.24, 2.45) is 0 Å². The predicted molar refractivity (Wildman–Crippen MR) is 117 cm³/mol. The number of ether oxygens (including phenoxy) is 4. The van der Waals surface area contributed by atoms with Crippen LogP contribution in [0.1, 0.15) is 26.3 Å². The third-order valence-electron chi connectivity index (χ3n) is 4.86. The molecule has 0 unspecified atom stereocenters. The number of carbonyl (C=O) groups is 2. The summed E-state index contributed by atoms with van der Waals surface area (Å²) < 4.78 is 21.6. The molecule has 0 atom stereocenters. The monoisotopic (exact) mass is 447 g/mol. The minimum atomic E-state index is -0.707. The summed E-state index contributed by atoms with van der Waals surface area (Å²) >= 11 is 0. The van der Waals surface area contributed by atoms with Gasteiger partial charge in [-0.05, 0) is 35.9 Å². The van der Waals surface area contributed by atoms with Crippen LogP contribution >= 0.6 is 0 Å². The number of ketones is 1. The maximum Gasteiger partial charge on any atom is 0.351 e. The Morgan fingerprint density at radius 3 is 2.36 bits per heavy atom. The van der Waals surface area contributed by atoms with Gasteiger partial charge in [-0.2, -0.15) is 0 Å². The number of rotatable bonds is 6. The van der Waals surface area contributed by atoms with E-state index in [9.17, 15) is 19.7 Å². The van der Waals surface area contributed by atoms with E-state index in [2.05, 4.69) is 0 Å². The van der Waals surface area contributed by atoms with Crippen molar-refractivity contribution in [3.05, 3.63) is 93.2 Å². The summed E-state index contributed by atoms with van der Waals surface area (Å²) in [6.07, 6.45) is 1.42. The molecular formula is C24H17NO8. The van der Waals surface area contributed by atoms with Crippen LogP contribution in [0.4, 0.5) is 5.69 Å². The quantitative estimate of drug-likeness (QED) is 0.179. The zero-order chi connectivity index (χ0) is 23.5. The number of methoxy groups -OCH3 is 2. The molecule has 1 aliphatic rings. The second-order valence-electron chi connectivity index (χ2n) is 6.88. The highest BCUT2D eigenvalue weighted by molar-refractivity contribution is 6.14. The van der Waals surface area contributed by atoms with Crippen LogP contribution in [0.5, 0.6) is 23.0 Å². The number of esters is 1. The number of fused-ring (bicyclic) bond motifs is 1. The first-order chi connectivity index (χ1) is 15.9. The third-order valence-corrected chi connectivity index (χ3v) is 4.86. The number of hydrogen-bond acceptors (Lipinski definition) is 8. The molecule has 9 heteroatoms. The molecule has 33 heavy (non-hydrogen) atoms. The minimum Gasteiger partial charge on any atom is -0.496 e. The highest BCUT2D eigenvalue weighted by Gasteiger charge is 2.29. The van der Waals surface area contributed by atoms with Gasteiger partial charge in [0.15, 0.2) is 5.76 Å². The van der Waals surface area contributed by atoms with Gasteiger partial charge in [-0.3, -0.25) is 14.9 Å². The summed E-state index contributed by atoms with van der Waals surface area (Å²) in [5.41, 5.74) is 0.733. The number of hydrogen-bond donors (Lipinski definition) is 0. The van der Waals surface area contributed by atoms with Crippen molar-refractivity contribution in [3.8, 4) is 23.0 Å². The summed E-state index contributed by atoms with van der Waals surface area (Å²) in [6, 6.07) is 15.1. The zero-order valence-electron chi connectivity index (χ0n) is 17.6. The van der Waals surface area contributed by atoms with Gasteiger partial charge in [0.2, 0.25) is 5.78 Å². The van der Waals surface area contributed by atoms with Gasteiger partial charge >= 0.3 is 5.97 Å². The van der Waals surface area contributed by atoms with Crippen molar-refractivity contribution < 1.29 is 33.5 Å². The van der Waals surface area contributed by atoms with E-state index in [4.69, 9.17) is 18.9 Å². The van der Waals surface area contributed by atoms with Gasteiger partial charge in [0.05, 0.1) is 24.7 Å². The molecule has 0 fully saturated rings. The van der Waals surface area contributed by atoms with E-state index in [0.29, 0.717) is 5.56 Å². The maximum absolute atomic E-state index is 12.8. The van der Waals surface area contributed by atoms with E-state index < -0.39 is 10.9 Å². The SMILES string of the molecule is COc1cccc(OC)c1C(=O)Oc1ccc2c(c1)O/C(=C/c1cccc([N+](=O)[O-])c1)C2=O. The first kappa shape index (κ1) is 21.6. The van der Waals surface area contributed by atoms with Crippen molar-refractivity contribution in [1.29, 1.82) is 0 Å². The minimum absolute atomic E-state index is 0.000345. The van der Waals surface area contributed by atoms with Crippen molar-refractivity contribution in [3.63, 3.8) is 0 Å². The fraction of sp³-hybridized carbons (Fsp3) is 0.0833. The van der Waals surface area contributed by atoms with E-state index in [1.54, 1.807) is 24.3 Å². The van der Waals surface area contributed by atoms with Gasteiger partial charge in [0.25, 0.3) is 5.69 Å². The summed E-state index contributed by atoms with van der Waals surface area (Å²) in [7, 11) is 2.85. The molecule has 9 nitrogen and oxygen atoms in total. The van der Waals surface area contributed by atoms with Crippen LogP contribution in [0.3, 0.4) is 0 Å². The molecule has 0 spiro atoms. The van der Waals surface area contributed by atoms with Crippen molar-refractivity contribution in [1.82, 2.24) is 0 Å². The number of benzene rings is 3. The summed E-state index contributed by atoms with van der Waals surface area (Å²) in [4.78, 5) is 35.9. The lowest BCUT2D eigenvalue weighted by Gasteiger charge is -2.12. The van der Waals surface area contributed by atoms with Gasteiger partial charge < -0.3 is 18.9 Å². The highest BCUT2D eigenvalue weighted by Crippen LogP contribution is 2.36. The molecule has 1 aliphatic heterocycles. The Bertz CT molecular complexity index is 1290. The number of nitro groups is 1. The number of Topliss-reactive ketones (excluding diaryl/α,β-unsaturated/α-hetero) is 1. The van der Waals surface area contributed by atoms with Crippen LogP contribution in [0, 0.1) is 10.1 Å². The van der Waals surface area contributed by atoms with Crippen LogP contribution < -0.4 is 18.9 Å². The fourth-order valence-corrected chi connectivity index (χ4v) is 3.32. The third kappa shape index (κ3) is 4.24. The molecule has 0 saturated carbocycles. The Morgan fingerprint density at radius 2 is 1.70 bits per heavy atom. The average molecular weight is 447 g/mol. The van der Waals surface area contributed by atoms with E-state index in [0.717, 1.165) is 0 Å². The van der Waals surface area contributed by atoms with E-state index >= 15 is 0 Å². The van der Waals surface area contributed by atoms with Gasteiger partial charge in [0, 0.05) is 18.2 Å². The molecule has 0 saturated heterocycles. The average Bonchev–Trinajstić information content (AvgIpc) is 3.12. The van der Waals surface area contributed by atoms with Crippen LogP contribution in [0.2, 0.25) is 0 Å². The van der Waals surface area contributed by atoms with Crippen LogP contribution in [-0.4, -0.2) is 30.9 Å². The van der Waals surface area contributed by atoms with Crippen molar-refractivity contribution in [2.45, 2.75) is 0 Å². The summed E-state index contributed by atoms with van der Waals surface area (Å²) in [5.74, 6) is -0.171. The van der Waals surface area contributed by atoms with Gasteiger partial charge in [0.1, 0.15) is 28.6 Å². The van der Waals surface area contributed by atoms with E-state index in [1.807, 2.05) is 0 Å². The Labute approximate surface area is 187 Å².